The van der Waals surface area contributed by atoms with Gasteiger partial charge in [0.15, 0.2) is 12.6 Å². The molecular weight excluding hydrogens is 1060 g/mol. The minimum atomic E-state index is -0.189. The molecule has 0 N–H and O–H groups in total. The molecule has 2 aliphatic rings. The first kappa shape index (κ1) is 36.7. The lowest BCUT2D eigenvalue weighted by atomic mass is 10.0. The van der Waals surface area contributed by atoms with Gasteiger partial charge in [0.05, 0.1) is 20.4 Å². The Bertz CT molecular complexity index is 1510. The molecule has 10 heteroatoms. The monoisotopic (exact) mass is 1100 g/mol. The van der Waals surface area contributed by atoms with Crippen molar-refractivity contribution < 1.29 is 28.4 Å². The summed E-state index contributed by atoms with van der Waals surface area (Å²) in [7, 11) is 0. The standard InChI is InChI=1S/C38H38I4O6/c39-29-19-27(37(33(41)21-29)47-35-5-1-3-17-43-35)23-45-31-13-9-25(10-14-31)7-8-26-11-15-32(16-12-26)46-24-28-20-30(40)22-34(42)38(28)48-36-6-2-4-18-44-36/h9-16,19-22,35-36H,1-8,17-18,23-24H2. The van der Waals surface area contributed by atoms with Gasteiger partial charge in [-0.15, -0.1) is 0 Å². The van der Waals surface area contributed by atoms with E-state index in [0.717, 1.165) is 113 Å². The first-order valence-electron chi connectivity index (χ1n) is 16.4. The first-order chi connectivity index (χ1) is 23.4. The van der Waals surface area contributed by atoms with Gasteiger partial charge in [-0.1, -0.05) is 24.3 Å². The predicted octanol–water partition coefficient (Wildman–Crippen LogP) is 10.9. The van der Waals surface area contributed by atoms with Crippen LogP contribution < -0.4 is 18.9 Å². The Kier molecular flexibility index (Phi) is 14.1. The fourth-order valence-electron chi connectivity index (χ4n) is 5.69. The molecule has 0 aliphatic carbocycles. The molecule has 0 radical (unpaired) electrons. The van der Waals surface area contributed by atoms with Crippen LogP contribution in [0.5, 0.6) is 23.0 Å². The van der Waals surface area contributed by atoms with Crippen LogP contribution in [-0.2, 0) is 35.5 Å². The van der Waals surface area contributed by atoms with Crippen molar-refractivity contribution in [2.24, 2.45) is 0 Å². The van der Waals surface area contributed by atoms with Crippen LogP contribution in [0, 0.1) is 14.3 Å². The molecule has 2 fully saturated rings. The Labute approximate surface area is 337 Å². The maximum atomic E-state index is 6.30. The van der Waals surface area contributed by atoms with E-state index in [2.05, 4.69) is 163 Å². The van der Waals surface area contributed by atoms with Gasteiger partial charge < -0.3 is 28.4 Å². The Morgan fingerprint density at radius 1 is 0.542 bits per heavy atom. The average molecular weight is 1100 g/mol. The van der Waals surface area contributed by atoms with Crippen LogP contribution in [-0.4, -0.2) is 25.8 Å². The summed E-state index contributed by atoms with van der Waals surface area (Å²) in [6, 6.07) is 25.4. The van der Waals surface area contributed by atoms with Crippen LogP contribution in [0.4, 0.5) is 0 Å². The van der Waals surface area contributed by atoms with Crippen molar-refractivity contribution in [3.05, 3.63) is 109 Å². The highest BCUT2D eigenvalue weighted by molar-refractivity contribution is 14.1. The first-order valence-corrected chi connectivity index (χ1v) is 20.7. The van der Waals surface area contributed by atoms with Gasteiger partial charge in [-0.3, -0.25) is 0 Å². The zero-order valence-corrected chi connectivity index (χ0v) is 35.2. The molecule has 48 heavy (non-hydrogen) atoms. The Balaban J connectivity index is 0.993. The van der Waals surface area contributed by atoms with E-state index in [-0.39, 0.29) is 12.6 Å². The summed E-state index contributed by atoms with van der Waals surface area (Å²) in [6.07, 6.45) is 7.80. The van der Waals surface area contributed by atoms with Crippen LogP contribution in [0.1, 0.15) is 60.8 Å². The second-order valence-corrected chi connectivity index (χ2v) is 16.8. The maximum Gasteiger partial charge on any atom is 0.199 e. The van der Waals surface area contributed by atoms with Gasteiger partial charge in [-0.25, -0.2) is 0 Å². The molecule has 254 valence electrons. The molecule has 0 spiro atoms. The van der Waals surface area contributed by atoms with Crippen LogP contribution in [0.2, 0.25) is 0 Å². The largest absolute Gasteiger partial charge is 0.489 e. The molecule has 6 nitrogen and oxygen atoms in total. The third-order valence-electron chi connectivity index (χ3n) is 8.28. The summed E-state index contributed by atoms with van der Waals surface area (Å²) >= 11 is 9.38. The molecule has 6 rings (SSSR count). The molecule has 2 aliphatic heterocycles. The van der Waals surface area contributed by atoms with Gasteiger partial charge in [-0.05, 0) is 189 Å². The Hall–Kier alpha value is -1.08. The molecule has 0 saturated carbocycles. The second-order valence-electron chi connectivity index (χ2n) is 11.9. The molecule has 2 atom stereocenters. The molecular formula is C38H38I4O6. The third-order valence-corrected chi connectivity index (χ3v) is 11.1. The number of rotatable bonds is 13. The molecule has 2 heterocycles. The molecule has 4 aromatic rings. The number of benzene rings is 4. The van der Waals surface area contributed by atoms with Crippen LogP contribution in [0.15, 0.2) is 72.8 Å². The average Bonchev–Trinajstić information content (AvgIpc) is 3.10. The summed E-state index contributed by atoms with van der Waals surface area (Å²) < 4.78 is 41.2. The third kappa shape index (κ3) is 10.7. The minimum absolute atomic E-state index is 0.189. The van der Waals surface area contributed by atoms with Gasteiger partial charge in [-0.2, -0.15) is 0 Å². The number of hydrogen-bond donors (Lipinski definition) is 0. The summed E-state index contributed by atoms with van der Waals surface area (Å²) in [6.45, 7) is 2.39. The van der Waals surface area contributed by atoms with Crippen molar-refractivity contribution in [3.8, 4) is 23.0 Å². The summed E-state index contributed by atoms with van der Waals surface area (Å²) in [5.74, 6) is 3.42. The van der Waals surface area contributed by atoms with Gasteiger partial charge in [0.25, 0.3) is 0 Å². The SMILES string of the molecule is Ic1cc(I)c(OC2CCCCO2)c(COc2ccc(CCc3ccc(OCc4cc(I)cc(I)c4OC4CCCCO4)cc3)cc2)c1. The number of hydrogen-bond acceptors (Lipinski definition) is 6. The smallest absolute Gasteiger partial charge is 0.199 e. The van der Waals surface area contributed by atoms with Crippen LogP contribution >= 0.6 is 90.4 Å². The number of halogens is 4. The predicted molar refractivity (Wildman–Crippen MR) is 221 cm³/mol. The Morgan fingerprint density at radius 3 is 1.33 bits per heavy atom. The van der Waals surface area contributed by atoms with Crippen molar-refractivity contribution in [3.63, 3.8) is 0 Å². The second kappa shape index (κ2) is 18.4. The van der Waals surface area contributed by atoms with Crippen LogP contribution in [0.25, 0.3) is 0 Å². The van der Waals surface area contributed by atoms with Gasteiger partial charge >= 0.3 is 0 Å². The highest BCUT2D eigenvalue weighted by Gasteiger charge is 2.21. The lowest BCUT2D eigenvalue weighted by Crippen LogP contribution is -2.26. The molecule has 2 saturated heterocycles. The molecule has 0 aromatic heterocycles. The Morgan fingerprint density at radius 2 is 0.958 bits per heavy atom. The van der Waals surface area contributed by atoms with Crippen molar-refractivity contribution in [2.75, 3.05) is 13.2 Å². The van der Waals surface area contributed by atoms with E-state index in [4.69, 9.17) is 28.4 Å². The maximum absolute atomic E-state index is 6.30. The fraction of sp³-hybridized carbons (Fsp3) is 0.368. The van der Waals surface area contributed by atoms with Crippen molar-refractivity contribution in [2.45, 2.75) is 77.2 Å². The fourth-order valence-corrected chi connectivity index (χ4v) is 9.88. The zero-order chi connectivity index (χ0) is 33.3. The van der Waals surface area contributed by atoms with Crippen molar-refractivity contribution in [1.82, 2.24) is 0 Å². The normalized spacial score (nSPS) is 17.9. The highest BCUT2D eigenvalue weighted by atomic mass is 127. The minimum Gasteiger partial charge on any atom is -0.489 e. The van der Waals surface area contributed by atoms with E-state index in [1.807, 2.05) is 0 Å². The summed E-state index contributed by atoms with van der Waals surface area (Å²) in [5.41, 5.74) is 4.61. The van der Waals surface area contributed by atoms with Gasteiger partial charge in [0, 0.05) is 31.1 Å². The molecule has 2 unspecified atom stereocenters. The molecule has 0 amide bonds. The van der Waals surface area contributed by atoms with E-state index in [0.29, 0.717) is 13.2 Å². The summed E-state index contributed by atoms with van der Waals surface area (Å²) in [4.78, 5) is 0. The van der Waals surface area contributed by atoms with Gasteiger partial charge in [0.2, 0.25) is 0 Å². The van der Waals surface area contributed by atoms with Crippen molar-refractivity contribution >= 4 is 90.4 Å². The van der Waals surface area contributed by atoms with E-state index < -0.39 is 0 Å². The topological polar surface area (TPSA) is 55.4 Å². The highest BCUT2D eigenvalue weighted by Crippen LogP contribution is 2.33. The number of aryl methyl sites for hydroxylation is 2. The molecule has 4 aromatic carbocycles. The molecule has 0 bridgehead atoms. The van der Waals surface area contributed by atoms with E-state index in [1.54, 1.807) is 0 Å². The lowest BCUT2D eigenvalue weighted by Gasteiger charge is -2.25. The van der Waals surface area contributed by atoms with Crippen molar-refractivity contribution in [1.29, 1.82) is 0 Å². The summed E-state index contributed by atoms with van der Waals surface area (Å²) in [5, 5.41) is 0. The van der Waals surface area contributed by atoms with E-state index in [9.17, 15) is 0 Å². The van der Waals surface area contributed by atoms with E-state index >= 15 is 0 Å². The lowest BCUT2D eigenvalue weighted by molar-refractivity contribution is -0.107. The number of ether oxygens (including phenoxy) is 6. The van der Waals surface area contributed by atoms with Crippen LogP contribution in [0.3, 0.4) is 0 Å². The zero-order valence-electron chi connectivity index (χ0n) is 26.5. The quantitative estimate of drug-likeness (QED) is 0.124. The van der Waals surface area contributed by atoms with E-state index in [1.165, 1.54) is 11.1 Å². The van der Waals surface area contributed by atoms with Gasteiger partial charge in [0.1, 0.15) is 36.2 Å².